The molecule has 2 amide bonds. The molecule has 16 heteroatoms. The number of nitrogens with two attached hydrogens (primary N) is 1. The number of rotatable bonds is 6. The Kier molecular flexibility index (Phi) is 7.30. The van der Waals surface area contributed by atoms with E-state index < -0.39 is 46.4 Å². The third kappa shape index (κ3) is 4.45. The summed E-state index contributed by atoms with van der Waals surface area (Å²) in [5.41, 5.74) is 5.27. The van der Waals surface area contributed by atoms with Crippen LogP contribution < -0.4 is 45.7 Å². The molecule has 4 N–H and O–H groups in total. The molecule has 2 aromatic heterocycles. The van der Waals surface area contributed by atoms with E-state index >= 15 is 0 Å². The fourth-order valence-corrected chi connectivity index (χ4v) is 6.07. The topological polar surface area (TPSA) is 170 Å². The number of nitrogen functional groups attached to an aromatic ring is 1. The van der Waals surface area contributed by atoms with Crippen LogP contribution in [-0.4, -0.2) is 60.0 Å². The summed E-state index contributed by atoms with van der Waals surface area (Å²) in [6.07, 6.45) is 1.44. The molecule has 1 aromatic carbocycles. The number of aromatic nitrogens is 4. The largest absolute Gasteiger partial charge is 1.00 e. The first-order valence-corrected chi connectivity index (χ1v) is 11.8. The van der Waals surface area contributed by atoms with Crippen LogP contribution in [0, 0.1) is 0 Å². The van der Waals surface area contributed by atoms with Crippen LogP contribution in [0.2, 0.25) is 0 Å². The van der Waals surface area contributed by atoms with Crippen LogP contribution in [0.15, 0.2) is 52.3 Å². The van der Waals surface area contributed by atoms with Crippen molar-refractivity contribution in [2.75, 3.05) is 11.5 Å². The van der Waals surface area contributed by atoms with Crippen LogP contribution in [0.4, 0.5) is 14.6 Å². The van der Waals surface area contributed by atoms with Gasteiger partial charge in [0.2, 0.25) is 0 Å². The van der Waals surface area contributed by atoms with Crippen molar-refractivity contribution in [2.45, 2.75) is 22.5 Å². The van der Waals surface area contributed by atoms with E-state index in [4.69, 9.17) is 5.73 Å². The number of carboxylic acids is 1. The molecular weight excluding hydrogens is 527 g/mol. The molecular formula is C20H14F2N7NaO4S2. The predicted octanol–water partition coefficient (Wildman–Crippen LogP) is -2.82. The van der Waals surface area contributed by atoms with Gasteiger partial charge in [-0.1, -0.05) is 42.1 Å². The minimum absolute atomic E-state index is 0. The van der Waals surface area contributed by atoms with Crippen LogP contribution in [-0.2, 0) is 20.3 Å². The molecule has 2 aliphatic heterocycles. The minimum atomic E-state index is -3.88. The van der Waals surface area contributed by atoms with Gasteiger partial charge in [-0.3, -0.25) is 19.6 Å². The number of halogens is 2. The van der Waals surface area contributed by atoms with Crippen LogP contribution >= 0.6 is 23.5 Å². The molecule has 0 radical (unpaired) electrons. The quantitative estimate of drug-likeness (QED) is 0.168. The van der Waals surface area contributed by atoms with Gasteiger partial charge in [0, 0.05) is 16.2 Å². The molecule has 4 heterocycles. The second kappa shape index (κ2) is 9.97. The molecule has 5 rings (SSSR count). The number of hydrogen-bond acceptors (Lipinski definition) is 10. The van der Waals surface area contributed by atoms with E-state index in [1.165, 1.54) is 24.4 Å². The number of thioether (sulfide) groups is 2. The fourth-order valence-electron chi connectivity index (χ4n) is 3.66. The molecule has 3 aromatic rings. The normalized spacial score (nSPS) is 19.4. The number of carbonyl (C=O) groups excluding carboxylic acids is 3. The Morgan fingerprint density at radius 1 is 1.28 bits per heavy atom. The van der Waals surface area contributed by atoms with Crippen molar-refractivity contribution in [3.05, 3.63) is 52.7 Å². The van der Waals surface area contributed by atoms with Crippen molar-refractivity contribution in [3.63, 3.8) is 0 Å². The zero-order chi connectivity index (χ0) is 24.9. The number of H-pyrrole nitrogens is 1. The van der Waals surface area contributed by atoms with Crippen molar-refractivity contribution in [1.82, 2.24) is 30.4 Å². The number of hydrogen-bond donors (Lipinski definition) is 3. The van der Waals surface area contributed by atoms with Crippen molar-refractivity contribution in [3.8, 4) is 0 Å². The summed E-state index contributed by atoms with van der Waals surface area (Å²) in [5, 5.41) is 20.2. The first-order chi connectivity index (χ1) is 16.7. The fraction of sp³-hybridized carbons (Fsp3) is 0.200. The molecule has 2 aliphatic rings. The van der Waals surface area contributed by atoms with Gasteiger partial charge in [-0.2, -0.15) is 13.9 Å². The maximum absolute atomic E-state index is 14.6. The number of anilines is 1. The van der Waals surface area contributed by atoms with E-state index in [0.717, 1.165) is 40.6 Å². The van der Waals surface area contributed by atoms with Crippen molar-refractivity contribution < 1.29 is 57.8 Å². The molecule has 11 nitrogen and oxygen atoms in total. The SMILES string of the molecule is Nc1nc(SC2=C(C(=O)[O-])N3C(=O)C(NC(=O)C(F)(F)c4ccccc4)[C@H]3SC2)nc2[nH]ncc12.[Na+]. The Balaban J connectivity index is 0.00000304. The van der Waals surface area contributed by atoms with Crippen LogP contribution in [0.1, 0.15) is 5.56 Å². The Bertz CT molecular complexity index is 1410. The molecule has 0 spiro atoms. The zero-order valence-electron chi connectivity index (χ0n) is 18.4. The second-order valence-corrected chi connectivity index (χ2v) is 9.65. The van der Waals surface area contributed by atoms with Gasteiger partial charge >= 0.3 is 35.5 Å². The van der Waals surface area contributed by atoms with E-state index in [2.05, 4.69) is 25.5 Å². The number of carbonyl (C=O) groups is 3. The van der Waals surface area contributed by atoms with Crippen LogP contribution in [0.3, 0.4) is 0 Å². The number of aromatic amines is 1. The smallest absolute Gasteiger partial charge is 0.543 e. The summed E-state index contributed by atoms with van der Waals surface area (Å²) in [4.78, 5) is 46.5. The third-order valence-corrected chi connectivity index (χ3v) is 7.78. The number of aliphatic carboxylic acids is 1. The summed E-state index contributed by atoms with van der Waals surface area (Å²) in [6, 6.07) is 5.12. The number of fused-ring (bicyclic) bond motifs is 2. The van der Waals surface area contributed by atoms with Gasteiger partial charge in [0.05, 0.1) is 23.2 Å². The summed E-state index contributed by atoms with van der Waals surface area (Å²) in [7, 11) is 0. The van der Waals surface area contributed by atoms with Crippen molar-refractivity contribution in [2.24, 2.45) is 0 Å². The molecule has 1 unspecified atom stereocenters. The number of benzene rings is 1. The number of amides is 2. The minimum Gasteiger partial charge on any atom is -0.543 e. The van der Waals surface area contributed by atoms with Gasteiger partial charge in [0.25, 0.3) is 11.8 Å². The predicted molar refractivity (Wildman–Crippen MR) is 119 cm³/mol. The van der Waals surface area contributed by atoms with Crippen LogP contribution in [0.5, 0.6) is 0 Å². The first-order valence-electron chi connectivity index (χ1n) is 9.96. The Morgan fingerprint density at radius 2 is 2.00 bits per heavy atom. The number of β-lactam (4-membered cyclic amide) rings is 1. The average molecular weight is 541 g/mol. The number of nitrogens with one attached hydrogen (secondary N) is 2. The number of alkyl halides is 2. The summed E-state index contributed by atoms with van der Waals surface area (Å²) in [6.45, 7) is 0. The Hall–Kier alpha value is -2.72. The second-order valence-electron chi connectivity index (χ2n) is 7.49. The third-order valence-electron chi connectivity index (χ3n) is 5.37. The van der Waals surface area contributed by atoms with E-state index in [1.807, 2.05) is 0 Å². The van der Waals surface area contributed by atoms with Crippen molar-refractivity contribution in [1.29, 1.82) is 0 Å². The molecule has 0 bridgehead atoms. The summed E-state index contributed by atoms with van der Waals surface area (Å²) < 4.78 is 29.1. The van der Waals surface area contributed by atoms with E-state index in [-0.39, 0.29) is 51.2 Å². The average Bonchev–Trinajstić information content (AvgIpc) is 3.31. The Morgan fingerprint density at radius 3 is 2.69 bits per heavy atom. The Labute approximate surface area is 232 Å². The number of nitrogens with zero attached hydrogens (tertiary/aromatic N) is 4. The van der Waals surface area contributed by atoms with Gasteiger partial charge in [-0.15, -0.1) is 11.8 Å². The monoisotopic (exact) mass is 541 g/mol. The molecule has 0 saturated carbocycles. The van der Waals surface area contributed by atoms with E-state index in [1.54, 1.807) is 0 Å². The molecule has 0 aliphatic carbocycles. The molecule has 1 saturated heterocycles. The number of carboxylic acid groups (broad SMARTS) is 1. The zero-order valence-corrected chi connectivity index (χ0v) is 22.0. The van der Waals surface area contributed by atoms with Gasteiger partial charge in [0.15, 0.2) is 10.8 Å². The molecule has 36 heavy (non-hydrogen) atoms. The van der Waals surface area contributed by atoms with Gasteiger partial charge in [0.1, 0.15) is 17.2 Å². The van der Waals surface area contributed by atoms with Gasteiger partial charge in [-0.25, -0.2) is 9.97 Å². The van der Waals surface area contributed by atoms with Gasteiger partial charge in [-0.05, 0) is 0 Å². The van der Waals surface area contributed by atoms with Crippen molar-refractivity contribution >= 4 is 58.2 Å². The first kappa shape index (κ1) is 26.3. The maximum atomic E-state index is 14.6. The standard InChI is InChI=1S/C20H15F2N7O4S2.Na/c21-20(22,8-4-2-1-3-5-8)18(33)25-11-15(30)29-12(17(31)32)10(7-34-16(11)29)35-19-26-13(23)9-6-24-28-14(9)27-19;/h1-6,11,16H,7H2,(H,25,33)(H,31,32)(H3,23,24,26,27,28);/q;+1/p-1/t11?,16-;/m1./s1. The molecule has 1 fully saturated rings. The molecule has 2 atom stereocenters. The maximum Gasteiger partial charge on any atom is 1.00 e. The summed E-state index contributed by atoms with van der Waals surface area (Å²) >= 11 is 1.98. The molecule has 180 valence electrons. The van der Waals surface area contributed by atoms with Crippen LogP contribution in [0.25, 0.3) is 11.0 Å². The van der Waals surface area contributed by atoms with E-state index in [0.29, 0.717) is 11.0 Å². The summed E-state index contributed by atoms with van der Waals surface area (Å²) in [5.74, 6) is -7.81. The van der Waals surface area contributed by atoms with E-state index in [9.17, 15) is 28.3 Å². The van der Waals surface area contributed by atoms with Gasteiger partial charge < -0.3 is 21.0 Å².